The van der Waals surface area contributed by atoms with Gasteiger partial charge >= 0.3 is 0 Å². The number of carbonyl (C=O) groups is 1. The van der Waals surface area contributed by atoms with E-state index in [9.17, 15) is 13.2 Å². The molecule has 5 rings (SSSR count). The van der Waals surface area contributed by atoms with Crippen LogP contribution >= 0.6 is 11.3 Å². The van der Waals surface area contributed by atoms with Gasteiger partial charge in [0.1, 0.15) is 0 Å². The lowest BCUT2D eigenvalue weighted by Gasteiger charge is -2.30. The number of benzene rings is 2. The second-order valence-corrected chi connectivity index (χ2v) is 10.3. The van der Waals surface area contributed by atoms with Crippen LogP contribution in [0.4, 0.5) is 5.69 Å². The van der Waals surface area contributed by atoms with Crippen molar-refractivity contribution >= 4 is 54.1 Å². The third-order valence-corrected chi connectivity index (χ3v) is 8.41. The molecular formula is C22H20N4O3S2. The number of amides is 1. The molecule has 0 bridgehead atoms. The number of anilines is 1. The van der Waals surface area contributed by atoms with Gasteiger partial charge in [-0.1, -0.05) is 6.07 Å². The molecule has 0 spiro atoms. The summed E-state index contributed by atoms with van der Waals surface area (Å²) < 4.78 is 29.1. The van der Waals surface area contributed by atoms with E-state index < -0.39 is 10.0 Å². The Kier molecular flexibility index (Phi) is 5.17. The van der Waals surface area contributed by atoms with Crippen LogP contribution in [-0.4, -0.2) is 41.7 Å². The van der Waals surface area contributed by atoms with Crippen LogP contribution in [0.5, 0.6) is 0 Å². The topological polar surface area (TPSA) is 92.3 Å². The van der Waals surface area contributed by atoms with Gasteiger partial charge in [-0.15, -0.1) is 11.3 Å². The predicted octanol–water partition coefficient (Wildman–Crippen LogP) is 3.88. The van der Waals surface area contributed by atoms with Gasteiger partial charge in [0.05, 0.1) is 26.1 Å². The highest BCUT2D eigenvalue weighted by molar-refractivity contribution is 7.89. The minimum absolute atomic E-state index is 0.0824. The SMILES string of the molecule is O=C(Nc1ccc2scnc2c1)C1CCN(S(=O)(=O)c2cccc3ncccc23)CC1. The maximum Gasteiger partial charge on any atom is 0.243 e. The van der Waals surface area contributed by atoms with E-state index in [4.69, 9.17) is 0 Å². The van der Waals surface area contributed by atoms with Crippen LogP contribution in [0.15, 0.2) is 65.1 Å². The first-order valence-electron chi connectivity index (χ1n) is 10.0. The van der Waals surface area contributed by atoms with Gasteiger partial charge in [0, 0.05) is 36.3 Å². The van der Waals surface area contributed by atoms with Crippen molar-refractivity contribution in [3.05, 3.63) is 60.2 Å². The Balaban J connectivity index is 1.28. The van der Waals surface area contributed by atoms with Crippen LogP contribution in [0.25, 0.3) is 21.1 Å². The van der Waals surface area contributed by atoms with Crippen molar-refractivity contribution in [3.8, 4) is 0 Å². The smallest absolute Gasteiger partial charge is 0.243 e. The summed E-state index contributed by atoms with van der Waals surface area (Å²) in [4.78, 5) is 21.5. The van der Waals surface area contributed by atoms with Gasteiger partial charge in [-0.25, -0.2) is 13.4 Å². The molecule has 0 aliphatic carbocycles. The van der Waals surface area contributed by atoms with Crippen molar-refractivity contribution in [2.75, 3.05) is 18.4 Å². The molecule has 1 N–H and O–H groups in total. The van der Waals surface area contributed by atoms with Gasteiger partial charge in [-0.05, 0) is 55.3 Å². The molecule has 1 fully saturated rings. The number of pyridine rings is 1. The predicted molar refractivity (Wildman–Crippen MR) is 121 cm³/mol. The van der Waals surface area contributed by atoms with Crippen molar-refractivity contribution in [1.29, 1.82) is 0 Å². The second kappa shape index (κ2) is 7.99. The van der Waals surface area contributed by atoms with E-state index in [0.717, 1.165) is 10.2 Å². The average molecular weight is 453 g/mol. The van der Waals surface area contributed by atoms with Gasteiger partial charge in [0.25, 0.3) is 0 Å². The summed E-state index contributed by atoms with van der Waals surface area (Å²) in [5.74, 6) is -0.312. The van der Waals surface area contributed by atoms with Crippen LogP contribution in [0.3, 0.4) is 0 Å². The number of fused-ring (bicyclic) bond motifs is 2. The quantitative estimate of drug-likeness (QED) is 0.507. The Labute approximate surface area is 183 Å². The monoisotopic (exact) mass is 452 g/mol. The van der Waals surface area contributed by atoms with E-state index in [1.165, 1.54) is 4.31 Å². The fraction of sp³-hybridized carbons (Fsp3) is 0.227. The highest BCUT2D eigenvalue weighted by Crippen LogP contribution is 2.29. The summed E-state index contributed by atoms with van der Waals surface area (Å²) in [6, 6.07) is 14.3. The van der Waals surface area contributed by atoms with Crippen molar-refractivity contribution in [1.82, 2.24) is 14.3 Å². The Morgan fingerprint density at radius 2 is 1.87 bits per heavy atom. The number of carbonyl (C=O) groups excluding carboxylic acids is 1. The van der Waals surface area contributed by atoms with E-state index in [-0.39, 0.29) is 16.7 Å². The standard InChI is InChI=1S/C22H20N4O3S2/c27-22(25-16-6-7-20-19(13-16)24-14-30-20)15-8-11-26(12-9-15)31(28,29)21-5-1-4-18-17(21)3-2-10-23-18/h1-7,10,13-15H,8-9,11-12H2,(H,25,27). The van der Waals surface area contributed by atoms with Crippen LogP contribution in [0.1, 0.15) is 12.8 Å². The number of nitrogens with zero attached hydrogens (tertiary/aromatic N) is 3. The molecular weight excluding hydrogens is 432 g/mol. The van der Waals surface area contributed by atoms with E-state index in [1.807, 2.05) is 18.2 Å². The number of nitrogens with one attached hydrogen (secondary N) is 1. The molecule has 3 heterocycles. The molecule has 1 aliphatic rings. The highest BCUT2D eigenvalue weighted by atomic mass is 32.2. The molecule has 1 saturated heterocycles. The zero-order chi connectivity index (χ0) is 21.4. The van der Waals surface area contributed by atoms with E-state index >= 15 is 0 Å². The van der Waals surface area contributed by atoms with Crippen LogP contribution in [0, 0.1) is 5.92 Å². The van der Waals surface area contributed by atoms with Crippen LogP contribution in [0.2, 0.25) is 0 Å². The Hall–Kier alpha value is -2.88. The number of thiazole rings is 1. The normalized spacial score (nSPS) is 16.0. The molecule has 2 aromatic carbocycles. The Morgan fingerprint density at radius 3 is 2.71 bits per heavy atom. The van der Waals surface area contributed by atoms with Crippen molar-refractivity contribution in [2.45, 2.75) is 17.7 Å². The second-order valence-electron chi connectivity index (χ2n) is 7.53. The maximum absolute atomic E-state index is 13.3. The van der Waals surface area contributed by atoms with E-state index in [1.54, 1.807) is 53.4 Å². The highest BCUT2D eigenvalue weighted by Gasteiger charge is 2.33. The molecule has 4 aromatic rings. The number of sulfonamides is 1. The Morgan fingerprint density at radius 1 is 1.03 bits per heavy atom. The minimum atomic E-state index is -3.66. The molecule has 0 radical (unpaired) electrons. The van der Waals surface area contributed by atoms with Crippen molar-refractivity contribution in [3.63, 3.8) is 0 Å². The lowest BCUT2D eigenvalue weighted by atomic mass is 9.97. The molecule has 2 aromatic heterocycles. The number of hydrogen-bond donors (Lipinski definition) is 1. The Bertz CT molecular complexity index is 1370. The number of rotatable bonds is 4. The van der Waals surface area contributed by atoms with Gasteiger partial charge in [0.15, 0.2) is 0 Å². The molecule has 0 atom stereocenters. The molecule has 0 saturated carbocycles. The zero-order valence-electron chi connectivity index (χ0n) is 16.6. The molecule has 158 valence electrons. The van der Waals surface area contributed by atoms with Crippen LogP contribution < -0.4 is 5.32 Å². The number of piperidine rings is 1. The largest absolute Gasteiger partial charge is 0.326 e. The molecule has 9 heteroatoms. The van der Waals surface area contributed by atoms with Gasteiger partial charge in [-0.2, -0.15) is 4.31 Å². The first-order chi connectivity index (χ1) is 15.0. The molecule has 1 amide bonds. The van der Waals surface area contributed by atoms with E-state index in [2.05, 4.69) is 15.3 Å². The molecule has 1 aliphatic heterocycles. The molecule has 0 unspecified atom stereocenters. The summed E-state index contributed by atoms with van der Waals surface area (Å²) in [5, 5.41) is 3.57. The lowest BCUT2D eigenvalue weighted by Crippen LogP contribution is -2.41. The molecule has 7 nitrogen and oxygen atoms in total. The fourth-order valence-electron chi connectivity index (χ4n) is 3.98. The van der Waals surface area contributed by atoms with Crippen LogP contribution in [-0.2, 0) is 14.8 Å². The third-order valence-electron chi connectivity index (χ3n) is 5.65. The van der Waals surface area contributed by atoms with Gasteiger partial charge < -0.3 is 5.32 Å². The van der Waals surface area contributed by atoms with E-state index in [0.29, 0.717) is 42.5 Å². The average Bonchev–Trinajstić information content (AvgIpc) is 3.26. The summed E-state index contributed by atoms with van der Waals surface area (Å²) in [5.41, 5.74) is 3.99. The summed E-state index contributed by atoms with van der Waals surface area (Å²) in [6.07, 6.45) is 2.61. The first kappa shape index (κ1) is 20.0. The van der Waals surface area contributed by atoms with Gasteiger partial charge in [-0.3, -0.25) is 9.78 Å². The first-order valence-corrected chi connectivity index (χ1v) is 12.3. The van der Waals surface area contributed by atoms with Crippen molar-refractivity contribution in [2.24, 2.45) is 5.92 Å². The molecule has 31 heavy (non-hydrogen) atoms. The lowest BCUT2D eigenvalue weighted by molar-refractivity contribution is -0.120. The summed E-state index contributed by atoms with van der Waals surface area (Å²) in [7, 11) is -3.66. The third kappa shape index (κ3) is 3.80. The maximum atomic E-state index is 13.3. The number of aromatic nitrogens is 2. The fourth-order valence-corrected chi connectivity index (χ4v) is 6.31. The summed E-state index contributed by atoms with van der Waals surface area (Å²) in [6.45, 7) is 0.615. The number of hydrogen-bond acceptors (Lipinski definition) is 6. The van der Waals surface area contributed by atoms with Gasteiger partial charge in [0.2, 0.25) is 15.9 Å². The summed E-state index contributed by atoms with van der Waals surface area (Å²) >= 11 is 1.55. The zero-order valence-corrected chi connectivity index (χ0v) is 18.2. The minimum Gasteiger partial charge on any atom is -0.326 e. The van der Waals surface area contributed by atoms with Crippen molar-refractivity contribution < 1.29 is 13.2 Å².